The molecule has 0 spiro atoms. The van der Waals surface area contributed by atoms with Crippen LogP contribution in [0.25, 0.3) is 0 Å². The van der Waals surface area contributed by atoms with E-state index in [1.165, 1.54) is 12.1 Å². The highest BCUT2D eigenvalue weighted by atomic mass is 32.1. The first kappa shape index (κ1) is 13.0. The lowest BCUT2D eigenvalue weighted by atomic mass is 10.2. The third-order valence-electron chi connectivity index (χ3n) is 2.60. The highest BCUT2D eigenvalue weighted by molar-refractivity contribution is 7.13. The van der Waals surface area contributed by atoms with Crippen LogP contribution in [0.2, 0.25) is 0 Å². The van der Waals surface area contributed by atoms with Crippen LogP contribution in [0.15, 0.2) is 29.6 Å². The molecule has 0 saturated carbocycles. The molecule has 0 radical (unpaired) electrons. The molecule has 0 atom stereocenters. The van der Waals surface area contributed by atoms with Crippen LogP contribution in [0, 0.1) is 5.82 Å². The van der Waals surface area contributed by atoms with Gasteiger partial charge in [-0.1, -0.05) is 12.1 Å². The second-order valence-corrected chi connectivity index (χ2v) is 4.98. The van der Waals surface area contributed by atoms with Gasteiger partial charge in [0.15, 0.2) is 5.13 Å². The standard InChI is InChI=1S/C13H16FN3S/c1-17(8-10-2-4-11(14)5-3-10)13-16-12(6-7-15)9-18-13/h2-5,9H,6-8,15H2,1H3. The molecular formula is C13H16FN3S. The maximum atomic E-state index is 12.8. The highest BCUT2D eigenvalue weighted by Crippen LogP contribution is 2.21. The number of hydrogen-bond acceptors (Lipinski definition) is 4. The Labute approximate surface area is 110 Å². The zero-order chi connectivity index (χ0) is 13.0. The van der Waals surface area contributed by atoms with E-state index in [9.17, 15) is 4.39 Å². The van der Waals surface area contributed by atoms with Crippen LogP contribution in [0.1, 0.15) is 11.3 Å². The lowest BCUT2D eigenvalue weighted by molar-refractivity contribution is 0.627. The van der Waals surface area contributed by atoms with Crippen molar-refractivity contribution in [2.75, 3.05) is 18.5 Å². The summed E-state index contributed by atoms with van der Waals surface area (Å²) in [5.41, 5.74) is 7.59. The summed E-state index contributed by atoms with van der Waals surface area (Å²) in [6.45, 7) is 1.33. The Balaban J connectivity index is 2.02. The normalized spacial score (nSPS) is 10.6. The van der Waals surface area contributed by atoms with E-state index >= 15 is 0 Å². The summed E-state index contributed by atoms with van der Waals surface area (Å²) in [6, 6.07) is 6.54. The Kier molecular flexibility index (Phi) is 4.28. The van der Waals surface area contributed by atoms with Crippen molar-refractivity contribution < 1.29 is 4.39 Å². The molecule has 18 heavy (non-hydrogen) atoms. The van der Waals surface area contributed by atoms with Gasteiger partial charge >= 0.3 is 0 Å². The molecule has 2 N–H and O–H groups in total. The molecule has 0 aliphatic carbocycles. The van der Waals surface area contributed by atoms with Gasteiger partial charge in [-0.15, -0.1) is 11.3 Å². The van der Waals surface area contributed by atoms with Gasteiger partial charge in [0.25, 0.3) is 0 Å². The van der Waals surface area contributed by atoms with Gasteiger partial charge in [0, 0.05) is 25.4 Å². The number of nitrogens with zero attached hydrogens (tertiary/aromatic N) is 2. The Hall–Kier alpha value is -1.46. The fourth-order valence-corrected chi connectivity index (χ4v) is 2.49. The molecule has 1 aromatic carbocycles. The van der Waals surface area contributed by atoms with Gasteiger partial charge in [0.1, 0.15) is 5.82 Å². The third kappa shape index (κ3) is 3.27. The van der Waals surface area contributed by atoms with E-state index < -0.39 is 0 Å². The van der Waals surface area contributed by atoms with Crippen molar-refractivity contribution in [3.63, 3.8) is 0 Å². The fourth-order valence-electron chi connectivity index (χ4n) is 1.67. The van der Waals surface area contributed by atoms with Crippen LogP contribution in [-0.4, -0.2) is 18.6 Å². The Morgan fingerprint density at radius 3 is 2.72 bits per heavy atom. The first-order valence-corrected chi connectivity index (χ1v) is 6.67. The fraction of sp³-hybridized carbons (Fsp3) is 0.308. The summed E-state index contributed by atoms with van der Waals surface area (Å²) in [6.07, 6.45) is 0.806. The van der Waals surface area contributed by atoms with Crippen LogP contribution in [0.5, 0.6) is 0 Å². The largest absolute Gasteiger partial charge is 0.347 e. The van der Waals surface area contributed by atoms with Gasteiger partial charge < -0.3 is 10.6 Å². The third-order valence-corrected chi connectivity index (χ3v) is 3.60. The average molecular weight is 265 g/mol. The maximum Gasteiger partial charge on any atom is 0.185 e. The summed E-state index contributed by atoms with van der Waals surface area (Å²) < 4.78 is 12.8. The minimum atomic E-state index is -0.208. The summed E-state index contributed by atoms with van der Waals surface area (Å²) >= 11 is 1.61. The lowest BCUT2D eigenvalue weighted by Gasteiger charge is -2.15. The number of nitrogens with two attached hydrogens (primary N) is 1. The van der Waals surface area contributed by atoms with Crippen LogP contribution in [-0.2, 0) is 13.0 Å². The van der Waals surface area contributed by atoms with Gasteiger partial charge in [-0.25, -0.2) is 9.37 Å². The van der Waals surface area contributed by atoms with E-state index in [1.54, 1.807) is 23.5 Å². The van der Waals surface area contributed by atoms with Crippen molar-refractivity contribution in [3.05, 3.63) is 46.7 Å². The molecule has 96 valence electrons. The van der Waals surface area contributed by atoms with Crippen molar-refractivity contribution in [1.29, 1.82) is 0 Å². The van der Waals surface area contributed by atoms with Crippen LogP contribution >= 0.6 is 11.3 Å². The molecule has 3 nitrogen and oxygen atoms in total. The smallest absolute Gasteiger partial charge is 0.185 e. The molecule has 0 amide bonds. The van der Waals surface area contributed by atoms with Crippen molar-refractivity contribution in [1.82, 2.24) is 4.98 Å². The highest BCUT2D eigenvalue weighted by Gasteiger charge is 2.07. The maximum absolute atomic E-state index is 12.8. The zero-order valence-electron chi connectivity index (χ0n) is 10.3. The molecule has 0 bridgehead atoms. The Morgan fingerprint density at radius 1 is 1.33 bits per heavy atom. The number of halogens is 1. The molecule has 0 aliphatic heterocycles. The van der Waals surface area contributed by atoms with E-state index in [0.29, 0.717) is 6.54 Å². The number of thiazole rings is 1. The molecule has 0 saturated heterocycles. The van der Waals surface area contributed by atoms with E-state index in [2.05, 4.69) is 9.88 Å². The summed E-state index contributed by atoms with van der Waals surface area (Å²) in [5.74, 6) is -0.208. The summed E-state index contributed by atoms with van der Waals surface area (Å²) in [5, 5.41) is 2.99. The van der Waals surface area contributed by atoms with Crippen molar-refractivity contribution in [3.8, 4) is 0 Å². The second kappa shape index (κ2) is 5.93. The average Bonchev–Trinajstić information content (AvgIpc) is 2.81. The van der Waals surface area contributed by atoms with Crippen molar-refractivity contribution >= 4 is 16.5 Å². The number of benzene rings is 1. The van der Waals surface area contributed by atoms with E-state index in [4.69, 9.17) is 5.73 Å². The monoisotopic (exact) mass is 265 g/mol. The Morgan fingerprint density at radius 2 is 2.06 bits per heavy atom. The molecule has 2 rings (SSSR count). The SMILES string of the molecule is CN(Cc1ccc(F)cc1)c1nc(CCN)cs1. The second-order valence-electron chi connectivity index (χ2n) is 4.14. The molecule has 0 aliphatic rings. The van der Waals surface area contributed by atoms with Gasteiger partial charge in [0.05, 0.1) is 5.69 Å². The van der Waals surface area contributed by atoms with E-state index in [1.807, 2.05) is 12.4 Å². The first-order chi connectivity index (χ1) is 8.69. The number of rotatable bonds is 5. The lowest BCUT2D eigenvalue weighted by Crippen LogP contribution is -2.16. The predicted molar refractivity (Wildman–Crippen MR) is 73.4 cm³/mol. The molecule has 1 heterocycles. The molecule has 0 unspecified atom stereocenters. The van der Waals surface area contributed by atoms with Gasteiger partial charge in [-0.3, -0.25) is 0 Å². The quantitative estimate of drug-likeness (QED) is 0.902. The van der Waals surface area contributed by atoms with Crippen LogP contribution in [0.4, 0.5) is 9.52 Å². The van der Waals surface area contributed by atoms with Crippen molar-refractivity contribution in [2.24, 2.45) is 5.73 Å². The molecule has 2 aromatic rings. The van der Waals surface area contributed by atoms with Gasteiger partial charge in [-0.2, -0.15) is 0 Å². The first-order valence-electron chi connectivity index (χ1n) is 5.79. The van der Waals surface area contributed by atoms with Gasteiger partial charge in [0.2, 0.25) is 0 Å². The zero-order valence-corrected chi connectivity index (χ0v) is 11.1. The molecular weight excluding hydrogens is 249 g/mol. The predicted octanol–water partition coefficient (Wildman–Crippen LogP) is 2.42. The van der Waals surface area contributed by atoms with E-state index in [0.717, 1.165) is 29.4 Å². The molecule has 5 heteroatoms. The van der Waals surface area contributed by atoms with E-state index in [-0.39, 0.29) is 5.82 Å². The Bertz CT molecular complexity index is 495. The topological polar surface area (TPSA) is 42.2 Å². The minimum Gasteiger partial charge on any atom is -0.347 e. The van der Waals surface area contributed by atoms with Crippen molar-refractivity contribution in [2.45, 2.75) is 13.0 Å². The number of aromatic nitrogens is 1. The summed E-state index contributed by atoms with van der Waals surface area (Å²) in [7, 11) is 1.98. The number of hydrogen-bond donors (Lipinski definition) is 1. The number of anilines is 1. The molecule has 1 aromatic heterocycles. The minimum absolute atomic E-state index is 0.208. The molecule has 0 fully saturated rings. The van der Waals surface area contributed by atoms with Crippen LogP contribution < -0.4 is 10.6 Å². The van der Waals surface area contributed by atoms with Gasteiger partial charge in [-0.05, 0) is 24.2 Å². The summed E-state index contributed by atoms with van der Waals surface area (Å²) in [4.78, 5) is 6.56. The van der Waals surface area contributed by atoms with Crippen LogP contribution in [0.3, 0.4) is 0 Å².